The maximum atomic E-state index is 2.70. The third-order valence-electron chi connectivity index (χ3n) is 19.0. The molecule has 0 saturated heterocycles. The molecule has 324 valence electrons. The molecule has 4 atom stereocenters. The van der Waals surface area contributed by atoms with Crippen molar-refractivity contribution in [1.29, 1.82) is 0 Å². The number of para-hydroxylation sites is 2. The average molecular weight is 847 g/mol. The van der Waals surface area contributed by atoms with Crippen LogP contribution in [0.15, 0.2) is 163 Å². The number of rotatable bonds is 7. The standard InChI is InChI=1S/C63H62N2/c1-61(2)55-23-10-9-22-53(55)54-31-30-52(37-56(54)61)65(50-20-7-4-8-21-50)58-25-12-15-45-36-48-17-13-16-47-35-44-14-11-24-57(59(44)63(47,48)60(45)58)64(49-18-5-3-6-19-49)51-28-26-46(27-29-51)62-38-41-32-42(39-62)34-43(33-41)40-62/h3-12,14-15,18-26,28-31,37,41-43,46-48H,13,16-17,27,32-36,38-40H2,1-2H3. The van der Waals surface area contributed by atoms with Gasteiger partial charge in [-0.2, -0.15) is 0 Å². The second kappa shape index (κ2) is 14.2. The van der Waals surface area contributed by atoms with E-state index in [1.54, 1.807) is 22.3 Å². The van der Waals surface area contributed by atoms with E-state index in [0.717, 1.165) is 37.0 Å². The van der Waals surface area contributed by atoms with Gasteiger partial charge in [0.15, 0.2) is 0 Å². The summed E-state index contributed by atoms with van der Waals surface area (Å²) in [4.78, 5) is 5.34. The Balaban J connectivity index is 0.936. The first kappa shape index (κ1) is 38.6. The molecule has 0 aromatic heterocycles. The lowest BCUT2D eigenvalue weighted by molar-refractivity contribution is -0.0760. The third-order valence-corrected chi connectivity index (χ3v) is 19.0. The smallest absolute Gasteiger partial charge is 0.0505 e. The Morgan fingerprint density at radius 3 is 1.71 bits per heavy atom. The molecule has 5 saturated carbocycles. The van der Waals surface area contributed by atoms with E-state index in [0.29, 0.717) is 23.2 Å². The maximum absolute atomic E-state index is 2.70. The van der Waals surface area contributed by atoms with Crippen molar-refractivity contribution in [3.05, 3.63) is 197 Å². The predicted octanol–water partition coefficient (Wildman–Crippen LogP) is 16.1. The molecule has 2 heteroatoms. The number of hydrogen-bond acceptors (Lipinski definition) is 2. The topological polar surface area (TPSA) is 6.48 Å². The van der Waals surface area contributed by atoms with Crippen LogP contribution in [-0.4, -0.2) is 0 Å². The van der Waals surface area contributed by atoms with Gasteiger partial charge in [0.2, 0.25) is 0 Å². The zero-order valence-corrected chi connectivity index (χ0v) is 38.4. The lowest BCUT2D eigenvalue weighted by atomic mass is 9.46. The van der Waals surface area contributed by atoms with Gasteiger partial charge >= 0.3 is 0 Å². The highest BCUT2D eigenvalue weighted by atomic mass is 15.2. The van der Waals surface area contributed by atoms with Gasteiger partial charge in [-0.3, -0.25) is 0 Å². The molecule has 1 spiro atoms. The fraction of sp³-hybridized carbons (Fsp3) is 0.365. The van der Waals surface area contributed by atoms with Crippen molar-refractivity contribution in [2.75, 3.05) is 9.80 Å². The van der Waals surface area contributed by atoms with Gasteiger partial charge in [-0.15, -0.1) is 0 Å². The van der Waals surface area contributed by atoms with Crippen molar-refractivity contribution < 1.29 is 0 Å². The van der Waals surface area contributed by atoms with Crippen LogP contribution in [0.25, 0.3) is 11.1 Å². The first-order valence-corrected chi connectivity index (χ1v) is 25.5. The highest BCUT2D eigenvalue weighted by molar-refractivity contribution is 5.88. The number of fused-ring (bicyclic) bond motifs is 5. The Morgan fingerprint density at radius 2 is 1.09 bits per heavy atom. The van der Waals surface area contributed by atoms with Gasteiger partial charge in [-0.25, -0.2) is 0 Å². The minimum absolute atomic E-state index is 0.0844. The summed E-state index contributed by atoms with van der Waals surface area (Å²) in [6.07, 6.45) is 24.2. The van der Waals surface area contributed by atoms with E-state index < -0.39 is 0 Å². The Hall–Kier alpha value is -5.60. The molecule has 0 radical (unpaired) electrons. The van der Waals surface area contributed by atoms with Crippen LogP contribution in [0.2, 0.25) is 0 Å². The Bertz CT molecular complexity index is 2890. The predicted molar refractivity (Wildman–Crippen MR) is 269 cm³/mol. The lowest BCUT2D eigenvalue weighted by Gasteiger charge is -2.59. The molecule has 0 aliphatic heterocycles. The second-order valence-electron chi connectivity index (χ2n) is 22.6. The van der Waals surface area contributed by atoms with Crippen molar-refractivity contribution >= 4 is 28.4 Å². The summed E-state index contributed by atoms with van der Waals surface area (Å²) in [5.41, 5.74) is 20.1. The van der Waals surface area contributed by atoms with Crippen LogP contribution >= 0.6 is 0 Å². The zero-order chi connectivity index (χ0) is 43.1. The zero-order valence-electron chi connectivity index (χ0n) is 38.4. The molecular formula is C63H62N2. The number of allylic oxidation sites excluding steroid dienone is 3. The van der Waals surface area contributed by atoms with E-state index in [9.17, 15) is 0 Å². The summed E-state index contributed by atoms with van der Waals surface area (Å²) in [6, 6.07) is 53.9. The molecule has 5 fully saturated rings. The molecule has 2 nitrogen and oxygen atoms in total. The number of nitrogens with zero attached hydrogens (tertiary/aromatic N) is 2. The molecule has 6 aromatic rings. The Labute approximate surface area is 387 Å². The Morgan fingerprint density at radius 1 is 0.523 bits per heavy atom. The van der Waals surface area contributed by atoms with E-state index in [4.69, 9.17) is 0 Å². The molecule has 0 heterocycles. The minimum atomic E-state index is -0.0942. The number of benzene rings is 6. The first-order chi connectivity index (χ1) is 31.9. The summed E-state index contributed by atoms with van der Waals surface area (Å²) >= 11 is 0. The van der Waals surface area contributed by atoms with Gasteiger partial charge in [0.25, 0.3) is 0 Å². The molecule has 15 rings (SSSR count). The highest BCUT2D eigenvalue weighted by Gasteiger charge is 2.61. The van der Waals surface area contributed by atoms with E-state index >= 15 is 0 Å². The molecule has 4 bridgehead atoms. The van der Waals surface area contributed by atoms with E-state index in [-0.39, 0.29) is 10.8 Å². The average Bonchev–Trinajstić information content (AvgIpc) is 3.94. The van der Waals surface area contributed by atoms with E-state index in [2.05, 4.69) is 181 Å². The van der Waals surface area contributed by atoms with Crippen LogP contribution in [0.1, 0.15) is 111 Å². The minimum Gasteiger partial charge on any atom is -0.311 e. The summed E-state index contributed by atoms with van der Waals surface area (Å²) in [6.45, 7) is 4.83. The van der Waals surface area contributed by atoms with Crippen molar-refractivity contribution in [1.82, 2.24) is 0 Å². The van der Waals surface area contributed by atoms with Crippen molar-refractivity contribution in [3.8, 4) is 11.1 Å². The number of anilines is 5. The quantitative estimate of drug-likeness (QED) is 0.158. The third kappa shape index (κ3) is 5.52. The fourth-order valence-electron chi connectivity index (χ4n) is 16.9. The number of hydrogen-bond donors (Lipinski definition) is 0. The molecule has 4 unspecified atom stereocenters. The summed E-state index contributed by atoms with van der Waals surface area (Å²) in [7, 11) is 0. The van der Waals surface area contributed by atoms with Crippen LogP contribution in [-0.2, 0) is 23.7 Å². The SMILES string of the molecule is CC1(C)c2ccccc2-c2ccc(N(c3ccccc3)c3cccc4c3C35c6c(cccc6N(C6=CCC(C78CC9CC(CC(C9)C7)C8)C=C6)c6ccccc6)CC3CCCC5C4)cc21. The molecule has 9 aliphatic rings. The largest absolute Gasteiger partial charge is 0.311 e. The molecular weight excluding hydrogens is 785 g/mol. The van der Waals surface area contributed by atoms with Crippen LogP contribution in [0.3, 0.4) is 0 Å². The Kier molecular flexibility index (Phi) is 8.44. The van der Waals surface area contributed by atoms with Crippen LogP contribution in [0, 0.1) is 40.9 Å². The fourth-order valence-corrected chi connectivity index (χ4v) is 16.9. The van der Waals surface area contributed by atoms with Gasteiger partial charge in [0.05, 0.1) is 11.4 Å². The molecule has 0 N–H and O–H groups in total. The summed E-state index contributed by atoms with van der Waals surface area (Å²) in [5.74, 6) is 4.71. The van der Waals surface area contributed by atoms with Gasteiger partial charge in [0, 0.05) is 33.6 Å². The maximum Gasteiger partial charge on any atom is 0.0505 e. The van der Waals surface area contributed by atoms with Crippen molar-refractivity contribution in [2.24, 2.45) is 40.9 Å². The summed E-state index contributed by atoms with van der Waals surface area (Å²) < 4.78 is 0. The van der Waals surface area contributed by atoms with E-state index in [1.165, 1.54) is 114 Å². The van der Waals surface area contributed by atoms with Crippen molar-refractivity contribution in [2.45, 2.75) is 102 Å². The molecule has 65 heavy (non-hydrogen) atoms. The monoisotopic (exact) mass is 846 g/mol. The second-order valence-corrected chi connectivity index (χ2v) is 22.6. The van der Waals surface area contributed by atoms with Gasteiger partial charge < -0.3 is 9.80 Å². The van der Waals surface area contributed by atoms with Crippen LogP contribution < -0.4 is 9.80 Å². The highest BCUT2D eigenvalue weighted by Crippen LogP contribution is 2.68. The van der Waals surface area contributed by atoms with Gasteiger partial charge in [0.1, 0.15) is 0 Å². The lowest BCUT2D eigenvalue weighted by Crippen LogP contribution is -2.49. The summed E-state index contributed by atoms with van der Waals surface area (Å²) in [5, 5.41) is 0. The molecule has 0 amide bonds. The van der Waals surface area contributed by atoms with Crippen molar-refractivity contribution in [3.63, 3.8) is 0 Å². The molecule has 9 aliphatic carbocycles. The normalized spacial score (nSPS) is 30.2. The molecule has 6 aromatic carbocycles. The van der Waals surface area contributed by atoms with Gasteiger partial charge in [-0.1, -0.05) is 123 Å². The first-order valence-electron chi connectivity index (χ1n) is 25.5. The van der Waals surface area contributed by atoms with Crippen LogP contribution in [0.4, 0.5) is 28.4 Å². The van der Waals surface area contributed by atoms with E-state index in [1.807, 2.05) is 0 Å². The van der Waals surface area contributed by atoms with Gasteiger partial charge in [-0.05, 0) is 211 Å². The van der Waals surface area contributed by atoms with Crippen LogP contribution in [0.5, 0.6) is 0 Å².